The molecule has 17 heavy (non-hydrogen) atoms. The van der Waals surface area contributed by atoms with Crippen LogP contribution in [-0.4, -0.2) is 30.6 Å². The Labute approximate surface area is 105 Å². The zero-order chi connectivity index (χ0) is 12.3. The second-order valence-electron chi connectivity index (χ2n) is 5.08. The molecule has 0 saturated carbocycles. The second kappa shape index (κ2) is 5.65. The van der Waals surface area contributed by atoms with E-state index in [1.54, 1.807) is 0 Å². The molecule has 0 bridgehead atoms. The van der Waals surface area contributed by atoms with Gasteiger partial charge in [0.1, 0.15) is 0 Å². The van der Waals surface area contributed by atoms with Gasteiger partial charge in [-0.3, -0.25) is 4.90 Å². The van der Waals surface area contributed by atoms with Crippen LogP contribution in [0.4, 0.5) is 0 Å². The van der Waals surface area contributed by atoms with E-state index in [1.807, 2.05) is 0 Å². The van der Waals surface area contributed by atoms with Crippen molar-refractivity contribution in [3.8, 4) is 0 Å². The van der Waals surface area contributed by atoms with E-state index in [9.17, 15) is 0 Å². The van der Waals surface area contributed by atoms with Crippen LogP contribution in [0.1, 0.15) is 37.4 Å². The first kappa shape index (κ1) is 12.6. The molecule has 0 radical (unpaired) electrons. The third-order valence-corrected chi connectivity index (χ3v) is 3.85. The highest BCUT2D eigenvalue weighted by Crippen LogP contribution is 2.26. The van der Waals surface area contributed by atoms with Crippen LogP contribution in [0.15, 0.2) is 24.3 Å². The van der Waals surface area contributed by atoms with Crippen LogP contribution in [0.5, 0.6) is 0 Å². The number of aryl methyl sites for hydroxylation is 1. The van der Waals surface area contributed by atoms with E-state index in [2.05, 4.69) is 55.3 Å². The summed E-state index contributed by atoms with van der Waals surface area (Å²) < 4.78 is 0. The summed E-state index contributed by atoms with van der Waals surface area (Å²) in [6.45, 7) is 10.3. The van der Waals surface area contributed by atoms with E-state index in [0.29, 0.717) is 6.04 Å². The molecule has 0 amide bonds. The lowest BCUT2D eigenvalue weighted by Crippen LogP contribution is -2.57. The third-order valence-electron chi connectivity index (χ3n) is 3.85. The topological polar surface area (TPSA) is 15.3 Å². The van der Waals surface area contributed by atoms with Crippen molar-refractivity contribution >= 4 is 0 Å². The Kier molecular flexibility index (Phi) is 4.19. The number of nitrogens with zero attached hydrogens (tertiary/aromatic N) is 1. The van der Waals surface area contributed by atoms with Crippen LogP contribution in [-0.2, 0) is 0 Å². The molecule has 2 rings (SSSR count). The van der Waals surface area contributed by atoms with Crippen molar-refractivity contribution < 1.29 is 0 Å². The van der Waals surface area contributed by atoms with E-state index < -0.39 is 0 Å². The lowest BCUT2D eigenvalue weighted by atomic mass is 9.98. The predicted octanol–water partition coefficient (Wildman–Crippen LogP) is 2.74. The highest BCUT2D eigenvalue weighted by molar-refractivity contribution is 5.28. The van der Waals surface area contributed by atoms with Crippen molar-refractivity contribution in [3.05, 3.63) is 35.4 Å². The molecule has 94 valence electrons. The fourth-order valence-electron chi connectivity index (χ4n) is 2.69. The molecule has 1 aliphatic rings. The van der Waals surface area contributed by atoms with E-state index in [-0.39, 0.29) is 0 Å². The van der Waals surface area contributed by atoms with Gasteiger partial charge >= 0.3 is 0 Å². The molecule has 0 spiro atoms. The number of nitrogens with one attached hydrogen (secondary N) is 1. The van der Waals surface area contributed by atoms with E-state index in [1.165, 1.54) is 24.1 Å². The normalized spacial score (nSPS) is 18.1. The molecule has 1 atom stereocenters. The van der Waals surface area contributed by atoms with Crippen LogP contribution in [0.3, 0.4) is 0 Å². The third kappa shape index (κ3) is 2.70. The zero-order valence-corrected chi connectivity index (χ0v) is 11.2. The molecule has 2 heteroatoms. The first-order chi connectivity index (χ1) is 8.24. The maximum Gasteiger partial charge on any atom is 0.0351 e. The van der Waals surface area contributed by atoms with Gasteiger partial charge in [0, 0.05) is 25.2 Å². The molecule has 1 unspecified atom stereocenters. The van der Waals surface area contributed by atoms with Crippen LogP contribution in [0.25, 0.3) is 0 Å². The van der Waals surface area contributed by atoms with Gasteiger partial charge in [0.25, 0.3) is 0 Å². The van der Waals surface area contributed by atoms with Crippen LogP contribution >= 0.6 is 0 Å². The SMILES string of the molecule is CCCN(C1CNC1)C(C)c1ccccc1C. The Hall–Kier alpha value is -0.860. The monoisotopic (exact) mass is 232 g/mol. The van der Waals surface area contributed by atoms with Crippen LogP contribution < -0.4 is 5.32 Å². The smallest absolute Gasteiger partial charge is 0.0351 e. The maximum atomic E-state index is 3.38. The van der Waals surface area contributed by atoms with E-state index >= 15 is 0 Å². The van der Waals surface area contributed by atoms with Gasteiger partial charge in [-0.15, -0.1) is 0 Å². The Balaban J connectivity index is 2.15. The number of benzene rings is 1. The molecule has 1 fully saturated rings. The summed E-state index contributed by atoms with van der Waals surface area (Å²) in [5, 5.41) is 3.38. The standard InChI is InChI=1S/C15H24N2/c1-4-9-17(14-10-16-11-14)13(3)15-8-6-5-7-12(15)2/h5-8,13-14,16H,4,9-11H2,1-3H3. The molecule has 1 N–H and O–H groups in total. The van der Waals surface area contributed by atoms with Crippen molar-refractivity contribution in [1.29, 1.82) is 0 Å². The average molecular weight is 232 g/mol. The fourth-order valence-corrected chi connectivity index (χ4v) is 2.69. The van der Waals surface area contributed by atoms with E-state index in [0.717, 1.165) is 19.1 Å². The summed E-state index contributed by atoms with van der Waals surface area (Å²) in [7, 11) is 0. The van der Waals surface area contributed by atoms with Crippen molar-refractivity contribution in [2.45, 2.75) is 39.3 Å². The number of rotatable bonds is 5. The summed E-state index contributed by atoms with van der Waals surface area (Å²) in [5.41, 5.74) is 2.89. The molecule has 1 saturated heterocycles. The van der Waals surface area contributed by atoms with Crippen LogP contribution in [0.2, 0.25) is 0 Å². The minimum Gasteiger partial charge on any atom is -0.314 e. The Morgan fingerprint density at radius 1 is 1.35 bits per heavy atom. The molecule has 2 nitrogen and oxygen atoms in total. The van der Waals surface area contributed by atoms with Gasteiger partial charge in [0.15, 0.2) is 0 Å². The van der Waals surface area contributed by atoms with Gasteiger partial charge in [0.05, 0.1) is 0 Å². The van der Waals surface area contributed by atoms with Gasteiger partial charge < -0.3 is 5.32 Å². The van der Waals surface area contributed by atoms with Gasteiger partial charge in [-0.2, -0.15) is 0 Å². The van der Waals surface area contributed by atoms with Crippen molar-refractivity contribution in [2.24, 2.45) is 0 Å². The molecular weight excluding hydrogens is 208 g/mol. The Morgan fingerprint density at radius 2 is 2.06 bits per heavy atom. The van der Waals surface area contributed by atoms with E-state index in [4.69, 9.17) is 0 Å². The minimum absolute atomic E-state index is 0.531. The molecule has 1 heterocycles. The number of hydrogen-bond donors (Lipinski definition) is 1. The fraction of sp³-hybridized carbons (Fsp3) is 0.600. The minimum atomic E-state index is 0.531. The Morgan fingerprint density at radius 3 is 2.59 bits per heavy atom. The lowest BCUT2D eigenvalue weighted by molar-refractivity contribution is 0.102. The Bertz CT molecular complexity index is 358. The molecule has 0 aromatic heterocycles. The second-order valence-corrected chi connectivity index (χ2v) is 5.08. The summed E-state index contributed by atoms with van der Waals surface area (Å²) >= 11 is 0. The quantitative estimate of drug-likeness (QED) is 0.840. The highest BCUT2D eigenvalue weighted by atomic mass is 15.2. The first-order valence-electron chi connectivity index (χ1n) is 6.76. The van der Waals surface area contributed by atoms with Crippen molar-refractivity contribution in [2.75, 3.05) is 19.6 Å². The first-order valence-corrected chi connectivity index (χ1v) is 6.76. The molecule has 0 aliphatic carbocycles. The number of hydrogen-bond acceptors (Lipinski definition) is 2. The van der Waals surface area contributed by atoms with Crippen LogP contribution in [0, 0.1) is 6.92 Å². The average Bonchev–Trinajstić information content (AvgIpc) is 2.26. The van der Waals surface area contributed by atoms with Gasteiger partial charge in [-0.05, 0) is 37.9 Å². The van der Waals surface area contributed by atoms with Crippen molar-refractivity contribution in [3.63, 3.8) is 0 Å². The lowest BCUT2D eigenvalue weighted by Gasteiger charge is -2.42. The van der Waals surface area contributed by atoms with Gasteiger partial charge in [-0.25, -0.2) is 0 Å². The molecular formula is C15H24N2. The summed E-state index contributed by atoms with van der Waals surface area (Å²) in [6.07, 6.45) is 1.23. The zero-order valence-electron chi connectivity index (χ0n) is 11.2. The van der Waals surface area contributed by atoms with Crippen molar-refractivity contribution in [1.82, 2.24) is 10.2 Å². The molecule has 1 aromatic rings. The highest BCUT2D eigenvalue weighted by Gasteiger charge is 2.28. The largest absolute Gasteiger partial charge is 0.314 e. The van der Waals surface area contributed by atoms with Gasteiger partial charge in [-0.1, -0.05) is 31.2 Å². The maximum absolute atomic E-state index is 3.38. The molecule has 1 aromatic carbocycles. The summed E-state index contributed by atoms with van der Waals surface area (Å²) in [4.78, 5) is 2.65. The van der Waals surface area contributed by atoms with Gasteiger partial charge in [0.2, 0.25) is 0 Å². The predicted molar refractivity (Wildman–Crippen MR) is 73.2 cm³/mol. The molecule has 1 aliphatic heterocycles. The summed E-state index contributed by atoms with van der Waals surface area (Å²) in [5.74, 6) is 0. The summed E-state index contributed by atoms with van der Waals surface area (Å²) in [6, 6.07) is 10.0.